The number of rotatable bonds is 12. The van der Waals surface area contributed by atoms with E-state index in [1.54, 1.807) is 0 Å². The van der Waals surface area contributed by atoms with Gasteiger partial charge in [-0.3, -0.25) is 0 Å². The molecule has 0 aliphatic rings. The van der Waals surface area contributed by atoms with Crippen LogP contribution in [0.5, 0.6) is 0 Å². The molecule has 0 aliphatic carbocycles. The third-order valence-corrected chi connectivity index (χ3v) is 7.86. The van der Waals surface area contributed by atoms with E-state index < -0.39 is 0 Å². The van der Waals surface area contributed by atoms with E-state index in [1.165, 1.54) is 51.8 Å². The van der Waals surface area contributed by atoms with E-state index in [4.69, 9.17) is 0 Å². The maximum atomic E-state index is 12.8. The standard InChI is InChI=1S/C36H47F/c1-27-22-33(35(4,5)6)25-34(23-27)36(7,26-30-17-13-11-14-18-30)32-21-20-28(2)31(24-32)19-15-10-8-9-12-16-29(3)37/h11,13-14,17-18,20-25H,3,8-10,12,15-16,19,26H2,1-2,4-7H3. The van der Waals surface area contributed by atoms with E-state index in [0.29, 0.717) is 6.42 Å². The highest BCUT2D eigenvalue weighted by Crippen LogP contribution is 2.39. The summed E-state index contributed by atoms with van der Waals surface area (Å²) in [6, 6.07) is 25.2. The van der Waals surface area contributed by atoms with Gasteiger partial charge in [0, 0.05) is 5.41 Å². The van der Waals surface area contributed by atoms with E-state index in [9.17, 15) is 4.39 Å². The van der Waals surface area contributed by atoms with Crippen molar-refractivity contribution in [3.8, 4) is 0 Å². The van der Waals surface area contributed by atoms with Gasteiger partial charge in [0.2, 0.25) is 0 Å². The highest BCUT2D eigenvalue weighted by atomic mass is 19.1. The predicted octanol–water partition coefficient (Wildman–Crippen LogP) is 10.5. The van der Waals surface area contributed by atoms with Crippen LogP contribution >= 0.6 is 0 Å². The molecule has 0 spiro atoms. The minimum absolute atomic E-state index is 0.101. The first kappa shape index (κ1) is 28.9. The van der Waals surface area contributed by atoms with Crippen LogP contribution in [0.15, 0.2) is 79.1 Å². The van der Waals surface area contributed by atoms with Crippen LogP contribution in [0.3, 0.4) is 0 Å². The first-order chi connectivity index (χ1) is 17.5. The van der Waals surface area contributed by atoms with Gasteiger partial charge in [0.15, 0.2) is 0 Å². The monoisotopic (exact) mass is 498 g/mol. The molecular weight excluding hydrogens is 451 g/mol. The van der Waals surface area contributed by atoms with Crippen LogP contribution in [0.1, 0.15) is 105 Å². The number of halogens is 1. The summed E-state index contributed by atoms with van der Waals surface area (Å²) < 4.78 is 12.8. The normalized spacial score (nSPS) is 13.4. The molecule has 0 fully saturated rings. The van der Waals surface area contributed by atoms with Gasteiger partial charge < -0.3 is 0 Å². The van der Waals surface area contributed by atoms with Crippen molar-refractivity contribution in [2.45, 2.75) is 104 Å². The Bertz CT molecular complexity index is 1170. The van der Waals surface area contributed by atoms with Gasteiger partial charge in [-0.2, -0.15) is 0 Å². The molecule has 0 saturated carbocycles. The maximum absolute atomic E-state index is 12.8. The molecule has 0 heterocycles. The highest BCUT2D eigenvalue weighted by Gasteiger charge is 2.31. The lowest BCUT2D eigenvalue weighted by Crippen LogP contribution is -2.28. The van der Waals surface area contributed by atoms with Crippen LogP contribution in [0.4, 0.5) is 4.39 Å². The second-order valence-electron chi connectivity index (χ2n) is 12.3. The molecule has 0 saturated heterocycles. The van der Waals surface area contributed by atoms with Crippen LogP contribution in [0.25, 0.3) is 0 Å². The molecule has 0 bridgehead atoms. The second kappa shape index (κ2) is 12.7. The molecule has 1 heteroatoms. The molecule has 1 unspecified atom stereocenters. The zero-order valence-electron chi connectivity index (χ0n) is 24.1. The van der Waals surface area contributed by atoms with Gasteiger partial charge >= 0.3 is 0 Å². The molecular formula is C36H47F. The van der Waals surface area contributed by atoms with E-state index in [1.807, 2.05) is 0 Å². The molecule has 3 aromatic carbocycles. The van der Waals surface area contributed by atoms with Gasteiger partial charge in [0.1, 0.15) is 0 Å². The average Bonchev–Trinajstić information content (AvgIpc) is 2.84. The van der Waals surface area contributed by atoms with E-state index in [2.05, 4.69) is 115 Å². The molecule has 0 amide bonds. The van der Waals surface area contributed by atoms with Crippen molar-refractivity contribution in [3.63, 3.8) is 0 Å². The molecule has 198 valence electrons. The Labute approximate surface area is 226 Å². The van der Waals surface area contributed by atoms with Crippen LogP contribution in [0.2, 0.25) is 0 Å². The van der Waals surface area contributed by atoms with Crippen LogP contribution in [-0.2, 0) is 23.7 Å². The summed E-state index contributed by atoms with van der Waals surface area (Å²) >= 11 is 0. The van der Waals surface area contributed by atoms with Crippen molar-refractivity contribution < 1.29 is 4.39 Å². The minimum Gasteiger partial charge on any atom is -0.212 e. The fourth-order valence-electron chi connectivity index (χ4n) is 5.36. The molecule has 3 aromatic rings. The number of hydrogen-bond acceptors (Lipinski definition) is 0. The zero-order valence-corrected chi connectivity index (χ0v) is 24.1. The highest BCUT2D eigenvalue weighted by molar-refractivity contribution is 5.47. The maximum Gasteiger partial charge on any atom is 0.0928 e. The summed E-state index contributed by atoms with van der Waals surface area (Å²) in [6.45, 7) is 17.2. The van der Waals surface area contributed by atoms with Crippen LogP contribution < -0.4 is 0 Å². The summed E-state index contributed by atoms with van der Waals surface area (Å²) in [5, 5.41) is 0. The Morgan fingerprint density at radius 3 is 2.05 bits per heavy atom. The summed E-state index contributed by atoms with van der Waals surface area (Å²) in [5.41, 5.74) is 9.67. The largest absolute Gasteiger partial charge is 0.212 e. The van der Waals surface area contributed by atoms with Gasteiger partial charge in [0.25, 0.3) is 0 Å². The average molecular weight is 499 g/mol. The lowest BCUT2D eigenvalue weighted by atomic mass is 9.69. The third kappa shape index (κ3) is 8.16. The molecule has 0 N–H and O–H groups in total. The molecule has 1 atom stereocenters. The molecule has 37 heavy (non-hydrogen) atoms. The van der Waals surface area contributed by atoms with Gasteiger partial charge in [0.05, 0.1) is 5.83 Å². The lowest BCUT2D eigenvalue weighted by Gasteiger charge is -2.34. The van der Waals surface area contributed by atoms with Gasteiger partial charge in [-0.1, -0.05) is 126 Å². The Morgan fingerprint density at radius 2 is 1.38 bits per heavy atom. The quantitative estimate of drug-likeness (QED) is 0.218. The zero-order chi connectivity index (χ0) is 27.1. The lowest BCUT2D eigenvalue weighted by molar-refractivity contribution is 0.544. The Balaban J connectivity index is 1.91. The first-order valence-electron chi connectivity index (χ1n) is 14.1. The van der Waals surface area contributed by atoms with Crippen molar-refractivity contribution >= 4 is 0 Å². The molecule has 0 nitrogen and oxygen atoms in total. The van der Waals surface area contributed by atoms with E-state index >= 15 is 0 Å². The minimum atomic E-state index is -0.186. The number of allylic oxidation sites excluding steroid dienone is 1. The third-order valence-electron chi connectivity index (χ3n) is 7.86. The van der Waals surface area contributed by atoms with Gasteiger partial charge in [-0.15, -0.1) is 0 Å². The Kier molecular flexibility index (Phi) is 9.93. The van der Waals surface area contributed by atoms with Gasteiger partial charge in [-0.05, 0) is 84.7 Å². The summed E-state index contributed by atoms with van der Waals surface area (Å²) in [5.74, 6) is -0.186. The van der Waals surface area contributed by atoms with Crippen molar-refractivity contribution in [3.05, 3.63) is 118 Å². The van der Waals surface area contributed by atoms with Crippen LogP contribution in [-0.4, -0.2) is 0 Å². The summed E-state index contributed by atoms with van der Waals surface area (Å²) in [7, 11) is 0. The fraction of sp³-hybridized carbons (Fsp3) is 0.444. The smallest absolute Gasteiger partial charge is 0.0928 e. The Hall–Kier alpha value is -2.67. The van der Waals surface area contributed by atoms with Crippen LogP contribution in [0, 0.1) is 13.8 Å². The van der Waals surface area contributed by atoms with E-state index in [0.717, 1.165) is 32.1 Å². The Morgan fingerprint density at radius 1 is 0.730 bits per heavy atom. The topological polar surface area (TPSA) is 0 Å². The van der Waals surface area contributed by atoms with E-state index in [-0.39, 0.29) is 16.7 Å². The molecule has 3 rings (SSSR count). The van der Waals surface area contributed by atoms with Crippen molar-refractivity contribution in [1.82, 2.24) is 0 Å². The van der Waals surface area contributed by atoms with Crippen molar-refractivity contribution in [1.29, 1.82) is 0 Å². The molecule has 0 aromatic heterocycles. The van der Waals surface area contributed by atoms with Crippen molar-refractivity contribution in [2.24, 2.45) is 0 Å². The second-order valence-corrected chi connectivity index (χ2v) is 12.3. The molecule has 0 aliphatic heterocycles. The van der Waals surface area contributed by atoms with Gasteiger partial charge in [-0.25, -0.2) is 4.39 Å². The number of unbranched alkanes of at least 4 members (excludes halogenated alkanes) is 4. The summed E-state index contributed by atoms with van der Waals surface area (Å²) in [4.78, 5) is 0. The molecule has 0 radical (unpaired) electrons. The van der Waals surface area contributed by atoms with Crippen molar-refractivity contribution in [2.75, 3.05) is 0 Å². The first-order valence-corrected chi connectivity index (χ1v) is 14.1. The SMILES string of the molecule is C=C(F)CCCCCCCc1cc(C(C)(Cc2ccccc2)c2cc(C)cc(C(C)(C)C)c2)ccc1C. The summed E-state index contributed by atoms with van der Waals surface area (Å²) in [6.07, 6.45) is 8.09. The number of hydrogen-bond donors (Lipinski definition) is 0. The number of aryl methyl sites for hydroxylation is 3. The number of benzene rings is 3. The fourth-order valence-corrected chi connectivity index (χ4v) is 5.36. The predicted molar refractivity (Wildman–Crippen MR) is 159 cm³/mol.